The summed E-state index contributed by atoms with van der Waals surface area (Å²) in [6, 6.07) is 0. The molecule has 15 heavy (non-hydrogen) atoms. The van der Waals surface area contributed by atoms with Crippen LogP contribution in [0.5, 0.6) is 0 Å². The van der Waals surface area contributed by atoms with Gasteiger partial charge in [-0.05, 0) is 6.42 Å². The van der Waals surface area contributed by atoms with Gasteiger partial charge >= 0.3 is 0 Å². The van der Waals surface area contributed by atoms with E-state index in [-0.39, 0.29) is 5.91 Å². The number of nitrogens with zero attached hydrogens (tertiary/aromatic N) is 3. The summed E-state index contributed by atoms with van der Waals surface area (Å²) in [5.74, 6) is 0.0796. The highest BCUT2D eigenvalue weighted by Crippen LogP contribution is 1.95. The minimum absolute atomic E-state index is 0.0796. The Morgan fingerprint density at radius 3 is 3.00 bits per heavy atom. The van der Waals surface area contributed by atoms with Gasteiger partial charge in [0.15, 0.2) is 0 Å². The zero-order valence-corrected chi connectivity index (χ0v) is 9.36. The van der Waals surface area contributed by atoms with Crippen LogP contribution in [0, 0.1) is 0 Å². The van der Waals surface area contributed by atoms with Crippen LogP contribution in [0.1, 0.15) is 32.4 Å². The van der Waals surface area contributed by atoms with Gasteiger partial charge in [0.25, 0.3) is 0 Å². The number of amides is 1. The second-order valence-electron chi connectivity index (χ2n) is 3.43. The highest BCUT2D eigenvalue weighted by atomic mass is 16.1. The van der Waals surface area contributed by atoms with Crippen molar-refractivity contribution in [3.63, 3.8) is 0 Å². The minimum atomic E-state index is 0.0796. The van der Waals surface area contributed by atoms with Crippen molar-refractivity contribution < 1.29 is 4.79 Å². The molecule has 1 rings (SSSR count). The quantitative estimate of drug-likeness (QED) is 0.754. The van der Waals surface area contributed by atoms with Crippen LogP contribution in [0.2, 0.25) is 0 Å². The molecule has 84 valence electrons. The fourth-order valence-electron chi connectivity index (χ4n) is 1.25. The number of nitrogens with one attached hydrogen (secondary N) is 1. The predicted octanol–water partition coefficient (Wildman–Crippen LogP) is 0.757. The normalized spacial score (nSPS) is 10.3. The van der Waals surface area contributed by atoms with Gasteiger partial charge in [0, 0.05) is 32.1 Å². The number of aromatic nitrogens is 3. The van der Waals surface area contributed by atoms with Crippen molar-refractivity contribution in [1.29, 1.82) is 0 Å². The molecule has 5 nitrogen and oxygen atoms in total. The Hall–Kier alpha value is -1.39. The number of hydrogen-bond acceptors (Lipinski definition) is 3. The Labute approximate surface area is 89.9 Å². The van der Waals surface area contributed by atoms with Gasteiger partial charge in [-0.2, -0.15) is 0 Å². The first-order chi connectivity index (χ1) is 7.26. The van der Waals surface area contributed by atoms with E-state index >= 15 is 0 Å². The van der Waals surface area contributed by atoms with E-state index in [1.165, 1.54) is 0 Å². The van der Waals surface area contributed by atoms with Crippen LogP contribution in [0.15, 0.2) is 6.20 Å². The number of aryl methyl sites for hydroxylation is 1. The first kappa shape index (κ1) is 11.7. The fourth-order valence-corrected chi connectivity index (χ4v) is 1.25. The largest absolute Gasteiger partial charge is 0.356 e. The van der Waals surface area contributed by atoms with Crippen molar-refractivity contribution in [3.8, 4) is 0 Å². The van der Waals surface area contributed by atoms with Crippen molar-refractivity contribution in [3.05, 3.63) is 11.9 Å². The lowest BCUT2D eigenvalue weighted by Gasteiger charge is -1.99. The zero-order valence-electron chi connectivity index (χ0n) is 9.36. The molecule has 0 aromatic carbocycles. The van der Waals surface area contributed by atoms with Gasteiger partial charge in [-0.1, -0.05) is 19.1 Å². The molecule has 1 N–H and O–H groups in total. The third-order valence-corrected chi connectivity index (χ3v) is 2.06. The summed E-state index contributed by atoms with van der Waals surface area (Å²) in [6.45, 7) is 5.47. The monoisotopic (exact) mass is 210 g/mol. The fraction of sp³-hybridized carbons (Fsp3) is 0.700. The summed E-state index contributed by atoms with van der Waals surface area (Å²) < 4.78 is 1.83. The molecule has 1 heterocycles. The molecule has 0 radical (unpaired) electrons. The van der Waals surface area contributed by atoms with E-state index in [9.17, 15) is 4.79 Å². The summed E-state index contributed by atoms with van der Waals surface area (Å²) in [6.07, 6.45) is 4.26. The van der Waals surface area contributed by atoms with Gasteiger partial charge in [-0.15, -0.1) is 5.10 Å². The number of hydrogen-bond donors (Lipinski definition) is 1. The molecule has 5 heteroatoms. The molecule has 0 saturated heterocycles. The molecule has 1 aromatic heterocycles. The van der Waals surface area contributed by atoms with E-state index in [1.807, 2.05) is 17.8 Å². The smallest absolute Gasteiger partial charge is 0.219 e. The molecule has 0 spiro atoms. The Kier molecular flexibility index (Phi) is 4.80. The van der Waals surface area contributed by atoms with Crippen molar-refractivity contribution >= 4 is 5.91 Å². The molecule has 0 aliphatic carbocycles. The van der Waals surface area contributed by atoms with Gasteiger partial charge in [-0.3, -0.25) is 9.48 Å². The maximum absolute atomic E-state index is 11.0. The van der Waals surface area contributed by atoms with E-state index < -0.39 is 0 Å². The van der Waals surface area contributed by atoms with Gasteiger partial charge < -0.3 is 5.32 Å². The molecular weight excluding hydrogens is 192 g/mol. The van der Waals surface area contributed by atoms with Crippen molar-refractivity contribution in [2.24, 2.45) is 0 Å². The highest BCUT2D eigenvalue weighted by molar-refractivity contribution is 5.75. The lowest BCUT2D eigenvalue weighted by molar-refractivity contribution is -0.120. The summed E-state index contributed by atoms with van der Waals surface area (Å²) in [5, 5.41) is 10.8. The number of carbonyl (C=O) groups excluding carboxylic acids is 1. The highest BCUT2D eigenvalue weighted by Gasteiger charge is 2.01. The molecule has 0 aliphatic heterocycles. The van der Waals surface area contributed by atoms with Crippen molar-refractivity contribution in [1.82, 2.24) is 20.3 Å². The Bertz CT molecular complexity index is 308. The minimum Gasteiger partial charge on any atom is -0.356 e. The standard InChI is InChI=1S/C10H18N4O/c1-3-7-14-8-9(12-13-14)5-6-11-10(15)4-2/h8H,3-7H2,1-2H3,(H,11,15). The average molecular weight is 210 g/mol. The second-order valence-corrected chi connectivity index (χ2v) is 3.43. The molecular formula is C10H18N4O. The van der Waals surface area contributed by atoms with E-state index in [4.69, 9.17) is 0 Å². The summed E-state index contributed by atoms with van der Waals surface area (Å²) in [5.41, 5.74) is 0.930. The lowest BCUT2D eigenvalue weighted by atomic mass is 10.3. The summed E-state index contributed by atoms with van der Waals surface area (Å²) >= 11 is 0. The van der Waals surface area contributed by atoms with Gasteiger partial charge in [0.05, 0.1) is 5.69 Å². The lowest BCUT2D eigenvalue weighted by Crippen LogP contribution is -2.24. The van der Waals surface area contributed by atoms with Crippen LogP contribution >= 0.6 is 0 Å². The number of rotatable bonds is 6. The van der Waals surface area contributed by atoms with Crippen molar-refractivity contribution in [2.75, 3.05) is 6.54 Å². The van der Waals surface area contributed by atoms with Gasteiger partial charge in [0.1, 0.15) is 0 Å². The third kappa shape index (κ3) is 4.10. The van der Waals surface area contributed by atoms with Crippen molar-refractivity contribution in [2.45, 2.75) is 39.7 Å². The average Bonchev–Trinajstić information content (AvgIpc) is 2.66. The Balaban J connectivity index is 2.28. The van der Waals surface area contributed by atoms with E-state index in [1.54, 1.807) is 0 Å². The maximum atomic E-state index is 11.0. The van der Waals surface area contributed by atoms with Crippen LogP contribution in [0.3, 0.4) is 0 Å². The first-order valence-electron chi connectivity index (χ1n) is 5.42. The van der Waals surface area contributed by atoms with Crippen LogP contribution in [0.25, 0.3) is 0 Å². The van der Waals surface area contributed by atoms with Gasteiger partial charge in [0.2, 0.25) is 5.91 Å². The molecule has 1 amide bonds. The molecule has 0 fully saturated rings. The van der Waals surface area contributed by atoms with Gasteiger partial charge in [-0.25, -0.2) is 0 Å². The molecule has 0 atom stereocenters. The second kappa shape index (κ2) is 6.16. The van der Waals surface area contributed by atoms with Crippen LogP contribution in [-0.2, 0) is 17.8 Å². The van der Waals surface area contributed by atoms with E-state index in [0.717, 1.165) is 25.1 Å². The molecule has 0 unspecified atom stereocenters. The SMILES string of the molecule is CCCn1cc(CCNC(=O)CC)nn1. The molecule has 1 aromatic rings. The molecule has 0 aliphatic rings. The maximum Gasteiger partial charge on any atom is 0.219 e. The van der Waals surface area contributed by atoms with E-state index in [0.29, 0.717) is 13.0 Å². The summed E-state index contributed by atoms with van der Waals surface area (Å²) in [7, 11) is 0. The molecule has 0 bridgehead atoms. The Morgan fingerprint density at radius 1 is 1.53 bits per heavy atom. The number of carbonyl (C=O) groups is 1. The van der Waals surface area contributed by atoms with E-state index in [2.05, 4.69) is 22.6 Å². The molecule has 0 saturated carbocycles. The Morgan fingerprint density at radius 2 is 2.33 bits per heavy atom. The van der Waals surface area contributed by atoms with Crippen LogP contribution in [-0.4, -0.2) is 27.4 Å². The van der Waals surface area contributed by atoms with Crippen LogP contribution < -0.4 is 5.32 Å². The van der Waals surface area contributed by atoms with Crippen LogP contribution in [0.4, 0.5) is 0 Å². The topological polar surface area (TPSA) is 59.8 Å². The predicted molar refractivity (Wildman–Crippen MR) is 57.3 cm³/mol. The third-order valence-electron chi connectivity index (χ3n) is 2.06. The first-order valence-corrected chi connectivity index (χ1v) is 5.42. The summed E-state index contributed by atoms with van der Waals surface area (Å²) in [4.78, 5) is 11.0. The zero-order chi connectivity index (χ0) is 11.1.